The van der Waals surface area contributed by atoms with Crippen LogP contribution in [-0.2, 0) is 0 Å². The molecular formula is C14H18. The topological polar surface area (TPSA) is 0 Å². The fraction of sp³-hybridized carbons (Fsp3) is 0.429. The van der Waals surface area contributed by atoms with Crippen molar-refractivity contribution < 1.29 is 0 Å². The molecule has 1 aliphatic rings. The Hall–Kier alpha value is -1.04. The van der Waals surface area contributed by atoms with E-state index in [9.17, 15) is 0 Å². The van der Waals surface area contributed by atoms with Crippen molar-refractivity contribution in [2.24, 2.45) is 0 Å². The van der Waals surface area contributed by atoms with E-state index in [1.165, 1.54) is 30.4 Å². The van der Waals surface area contributed by atoms with Crippen LogP contribution in [-0.4, -0.2) is 0 Å². The lowest BCUT2D eigenvalue weighted by Crippen LogP contribution is -2.03. The van der Waals surface area contributed by atoms with Crippen LogP contribution in [0.3, 0.4) is 0 Å². The fourth-order valence-corrected chi connectivity index (χ4v) is 2.23. The molecule has 0 heteroatoms. The summed E-state index contributed by atoms with van der Waals surface area (Å²) in [5, 5.41) is 0. The van der Waals surface area contributed by atoms with Gasteiger partial charge in [-0.2, -0.15) is 0 Å². The molecule has 1 aliphatic carbocycles. The quantitative estimate of drug-likeness (QED) is 0.576. The van der Waals surface area contributed by atoms with Crippen molar-refractivity contribution in [3.63, 3.8) is 0 Å². The van der Waals surface area contributed by atoms with Crippen LogP contribution in [0.15, 0.2) is 35.9 Å². The van der Waals surface area contributed by atoms with E-state index in [-0.39, 0.29) is 0 Å². The third kappa shape index (κ3) is 2.06. The Morgan fingerprint density at radius 1 is 1.07 bits per heavy atom. The maximum absolute atomic E-state index is 2.38. The van der Waals surface area contributed by atoms with Gasteiger partial charge in [0, 0.05) is 0 Å². The van der Waals surface area contributed by atoms with Crippen molar-refractivity contribution in [1.29, 1.82) is 0 Å². The number of hydrogen-bond donors (Lipinski definition) is 0. The van der Waals surface area contributed by atoms with E-state index in [4.69, 9.17) is 0 Å². The lowest BCUT2D eigenvalue weighted by molar-refractivity contribution is 0.596. The van der Waals surface area contributed by atoms with Crippen LogP contribution in [0.5, 0.6) is 0 Å². The number of allylic oxidation sites excluding steroid dienone is 2. The molecule has 0 aliphatic heterocycles. The van der Waals surface area contributed by atoms with Crippen LogP contribution in [0, 0.1) is 6.92 Å². The standard InChI is InChI=1S/C14H18/c1-11-6-8-13(9-7-11)14-5-3-4-12(2)10-14/h4,6-9,14H,3,5,10H2,1-2H3/t14-/m0/s1. The lowest BCUT2D eigenvalue weighted by Gasteiger charge is -2.21. The van der Waals surface area contributed by atoms with E-state index in [1.54, 1.807) is 5.57 Å². The minimum absolute atomic E-state index is 0.764. The van der Waals surface area contributed by atoms with Crippen molar-refractivity contribution in [3.8, 4) is 0 Å². The van der Waals surface area contributed by atoms with Gasteiger partial charge in [-0.1, -0.05) is 41.5 Å². The van der Waals surface area contributed by atoms with Gasteiger partial charge in [-0.05, 0) is 44.6 Å². The molecule has 0 N–H and O–H groups in total. The first-order chi connectivity index (χ1) is 6.75. The highest BCUT2D eigenvalue weighted by atomic mass is 14.2. The molecule has 0 radical (unpaired) electrons. The summed E-state index contributed by atoms with van der Waals surface area (Å²) in [6.07, 6.45) is 6.21. The van der Waals surface area contributed by atoms with Crippen LogP contribution in [0.2, 0.25) is 0 Å². The van der Waals surface area contributed by atoms with Crippen LogP contribution in [0.25, 0.3) is 0 Å². The lowest BCUT2D eigenvalue weighted by atomic mass is 9.84. The molecule has 0 unspecified atom stereocenters. The molecule has 14 heavy (non-hydrogen) atoms. The SMILES string of the molecule is CC1=CCC[C@H](c2ccc(C)cc2)C1. The molecule has 0 bridgehead atoms. The van der Waals surface area contributed by atoms with E-state index in [0.29, 0.717) is 0 Å². The Labute approximate surface area is 86.7 Å². The smallest absolute Gasteiger partial charge is 0.0122 e. The van der Waals surface area contributed by atoms with Gasteiger partial charge in [0.1, 0.15) is 0 Å². The Kier molecular flexibility index (Phi) is 2.72. The molecular weight excluding hydrogens is 168 g/mol. The second-order valence-electron chi connectivity index (χ2n) is 4.44. The van der Waals surface area contributed by atoms with Gasteiger partial charge in [0.25, 0.3) is 0 Å². The maximum atomic E-state index is 2.38. The van der Waals surface area contributed by atoms with Crippen LogP contribution < -0.4 is 0 Å². The molecule has 0 saturated heterocycles. The van der Waals surface area contributed by atoms with Crippen molar-refractivity contribution >= 4 is 0 Å². The average molecular weight is 186 g/mol. The molecule has 1 aromatic carbocycles. The molecule has 1 aromatic rings. The number of benzene rings is 1. The van der Waals surface area contributed by atoms with E-state index < -0.39 is 0 Å². The third-order valence-corrected chi connectivity index (χ3v) is 3.13. The molecule has 74 valence electrons. The number of hydrogen-bond acceptors (Lipinski definition) is 0. The molecule has 0 heterocycles. The Bertz CT molecular complexity index is 330. The summed E-state index contributed by atoms with van der Waals surface area (Å²) >= 11 is 0. The summed E-state index contributed by atoms with van der Waals surface area (Å²) in [4.78, 5) is 0. The van der Waals surface area contributed by atoms with Gasteiger partial charge in [0.2, 0.25) is 0 Å². The molecule has 0 nitrogen and oxygen atoms in total. The largest absolute Gasteiger partial charge is 0.0856 e. The predicted octanol–water partition coefficient (Wildman–Crippen LogP) is 4.21. The first-order valence-corrected chi connectivity index (χ1v) is 5.48. The zero-order chi connectivity index (χ0) is 9.97. The van der Waals surface area contributed by atoms with Gasteiger partial charge in [0.15, 0.2) is 0 Å². The highest BCUT2D eigenvalue weighted by molar-refractivity contribution is 5.26. The molecule has 0 amide bonds. The van der Waals surface area contributed by atoms with Crippen LogP contribution in [0.4, 0.5) is 0 Å². The van der Waals surface area contributed by atoms with Crippen molar-refractivity contribution in [1.82, 2.24) is 0 Å². The molecule has 0 aromatic heterocycles. The summed E-state index contributed by atoms with van der Waals surface area (Å²) in [6, 6.07) is 9.03. The van der Waals surface area contributed by atoms with E-state index in [1.807, 2.05) is 0 Å². The summed E-state index contributed by atoms with van der Waals surface area (Å²) in [6.45, 7) is 4.40. The highest BCUT2D eigenvalue weighted by Crippen LogP contribution is 2.32. The van der Waals surface area contributed by atoms with E-state index >= 15 is 0 Å². The minimum atomic E-state index is 0.764. The summed E-state index contributed by atoms with van der Waals surface area (Å²) in [5.74, 6) is 0.764. The van der Waals surface area contributed by atoms with Gasteiger partial charge in [-0.15, -0.1) is 0 Å². The third-order valence-electron chi connectivity index (χ3n) is 3.13. The molecule has 0 saturated carbocycles. The summed E-state index contributed by atoms with van der Waals surface area (Å²) < 4.78 is 0. The summed E-state index contributed by atoms with van der Waals surface area (Å²) in [5.41, 5.74) is 4.43. The van der Waals surface area contributed by atoms with E-state index in [2.05, 4.69) is 44.2 Å². The Balaban J connectivity index is 2.16. The number of aryl methyl sites for hydroxylation is 1. The van der Waals surface area contributed by atoms with Crippen LogP contribution in [0.1, 0.15) is 43.2 Å². The molecule has 0 fully saturated rings. The molecule has 0 spiro atoms. The summed E-state index contributed by atoms with van der Waals surface area (Å²) in [7, 11) is 0. The van der Waals surface area contributed by atoms with Gasteiger partial charge in [-0.3, -0.25) is 0 Å². The fourth-order valence-electron chi connectivity index (χ4n) is 2.23. The minimum Gasteiger partial charge on any atom is -0.0856 e. The predicted molar refractivity (Wildman–Crippen MR) is 61.5 cm³/mol. The molecule has 1 atom stereocenters. The van der Waals surface area contributed by atoms with E-state index in [0.717, 1.165) is 5.92 Å². The second kappa shape index (κ2) is 4.00. The first kappa shape index (κ1) is 9.51. The Morgan fingerprint density at radius 3 is 2.43 bits per heavy atom. The zero-order valence-electron chi connectivity index (χ0n) is 9.09. The second-order valence-corrected chi connectivity index (χ2v) is 4.44. The van der Waals surface area contributed by atoms with Gasteiger partial charge >= 0.3 is 0 Å². The zero-order valence-corrected chi connectivity index (χ0v) is 9.09. The van der Waals surface area contributed by atoms with Gasteiger partial charge in [-0.25, -0.2) is 0 Å². The average Bonchev–Trinajstić information content (AvgIpc) is 2.19. The maximum Gasteiger partial charge on any atom is -0.0122 e. The molecule has 2 rings (SSSR count). The van der Waals surface area contributed by atoms with Crippen molar-refractivity contribution in [2.45, 2.75) is 39.0 Å². The Morgan fingerprint density at radius 2 is 1.79 bits per heavy atom. The van der Waals surface area contributed by atoms with Gasteiger partial charge in [0.05, 0.1) is 0 Å². The first-order valence-electron chi connectivity index (χ1n) is 5.48. The van der Waals surface area contributed by atoms with Crippen LogP contribution >= 0.6 is 0 Å². The normalized spacial score (nSPS) is 21.9. The highest BCUT2D eigenvalue weighted by Gasteiger charge is 2.14. The van der Waals surface area contributed by atoms with Crippen molar-refractivity contribution in [2.75, 3.05) is 0 Å². The number of rotatable bonds is 1. The van der Waals surface area contributed by atoms with Gasteiger partial charge < -0.3 is 0 Å². The van der Waals surface area contributed by atoms with Crippen molar-refractivity contribution in [3.05, 3.63) is 47.0 Å². The monoisotopic (exact) mass is 186 g/mol.